The second kappa shape index (κ2) is 8.03. The predicted octanol–water partition coefficient (Wildman–Crippen LogP) is 4.38. The first-order chi connectivity index (χ1) is 14.4. The van der Waals surface area contributed by atoms with E-state index in [-0.39, 0.29) is 12.6 Å². The van der Waals surface area contributed by atoms with Crippen molar-refractivity contribution in [2.75, 3.05) is 11.9 Å². The van der Waals surface area contributed by atoms with E-state index in [0.29, 0.717) is 0 Å². The molecule has 0 amide bonds. The largest absolute Gasteiger partial charge is 0.481 e. The van der Waals surface area contributed by atoms with E-state index in [1.807, 2.05) is 30.3 Å². The minimum Gasteiger partial charge on any atom is -0.481 e. The van der Waals surface area contributed by atoms with Crippen LogP contribution in [0.4, 0.5) is 10.8 Å². The molecule has 3 aromatic heterocycles. The van der Waals surface area contributed by atoms with E-state index in [2.05, 4.69) is 25.3 Å². The topological polar surface area (TPSA) is 110 Å². The Bertz CT molecular complexity index is 1140. The molecule has 30 heavy (non-hydrogen) atoms. The Balaban J connectivity index is 1.41. The van der Waals surface area contributed by atoms with Gasteiger partial charge in [-0.3, -0.25) is 9.78 Å². The summed E-state index contributed by atoms with van der Waals surface area (Å²) >= 11 is 1.55. The summed E-state index contributed by atoms with van der Waals surface area (Å²) in [7, 11) is 0. The van der Waals surface area contributed by atoms with Gasteiger partial charge in [0.2, 0.25) is 0 Å². The fraction of sp³-hybridized carbons (Fsp3) is 0.190. The fourth-order valence-electron chi connectivity index (χ4n) is 2.55. The van der Waals surface area contributed by atoms with Gasteiger partial charge in [-0.05, 0) is 37.6 Å². The normalized spacial score (nSPS) is 11.4. The van der Waals surface area contributed by atoms with Gasteiger partial charge in [-0.1, -0.05) is 23.5 Å². The molecule has 9 heteroatoms. The van der Waals surface area contributed by atoms with E-state index in [4.69, 9.17) is 9.84 Å². The first kappa shape index (κ1) is 19.7. The summed E-state index contributed by atoms with van der Waals surface area (Å²) < 4.78 is 6.44. The number of aromatic nitrogens is 4. The number of fused-ring (bicyclic) bond motifs is 1. The van der Waals surface area contributed by atoms with E-state index in [1.165, 1.54) is 0 Å². The van der Waals surface area contributed by atoms with Crippen molar-refractivity contribution in [1.29, 1.82) is 0 Å². The highest BCUT2D eigenvalue weighted by molar-refractivity contribution is 7.22. The van der Waals surface area contributed by atoms with Crippen molar-refractivity contribution in [3.63, 3.8) is 0 Å². The second-order valence-corrected chi connectivity index (χ2v) is 8.33. The maximum Gasteiger partial charge on any atom is 0.316 e. The summed E-state index contributed by atoms with van der Waals surface area (Å²) in [6, 6.07) is 9.87. The quantitative estimate of drug-likeness (QED) is 0.452. The molecule has 1 aromatic carbocycles. The van der Waals surface area contributed by atoms with Crippen LogP contribution in [0.25, 0.3) is 21.3 Å². The predicted molar refractivity (Wildman–Crippen MR) is 115 cm³/mol. The monoisotopic (exact) mass is 421 g/mol. The van der Waals surface area contributed by atoms with Gasteiger partial charge in [0.15, 0.2) is 5.13 Å². The van der Waals surface area contributed by atoms with Gasteiger partial charge in [0.25, 0.3) is 0 Å². The van der Waals surface area contributed by atoms with Crippen molar-refractivity contribution in [2.24, 2.45) is 5.41 Å². The highest BCUT2D eigenvalue weighted by Crippen LogP contribution is 2.28. The number of carboxylic acids is 1. The van der Waals surface area contributed by atoms with Crippen molar-refractivity contribution in [3.05, 3.63) is 55.1 Å². The van der Waals surface area contributed by atoms with E-state index in [0.717, 1.165) is 32.2 Å². The number of benzene rings is 1. The average molecular weight is 421 g/mol. The maximum absolute atomic E-state index is 11.1. The zero-order valence-corrected chi connectivity index (χ0v) is 17.2. The molecule has 0 fully saturated rings. The van der Waals surface area contributed by atoms with E-state index < -0.39 is 11.4 Å². The molecular formula is C21H19N5O3S. The second-order valence-electron chi connectivity index (χ2n) is 7.30. The van der Waals surface area contributed by atoms with Crippen molar-refractivity contribution < 1.29 is 14.6 Å². The van der Waals surface area contributed by atoms with E-state index in [1.54, 1.807) is 50.0 Å². The summed E-state index contributed by atoms with van der Waals surface area (Å²) in [4.78, 5) is 28.1. The Labute approximate surface area is 176 Å². The average Bonchev–Trinajstić information content (AvgIpc) is 3.15. The number of carbonyl (C=O) groups is 1. The minimum absolute atomic E-state index is 0.0100. The highest BCUT2D eigenvalue weighted by Gasteiger charge is 2.28. The van der Waals surface area contributed by atoms with E-state index >= 15 is 0 Å². The van der Waals surface area contributed by atoms with Gasteiger partial charge in [-0.25, -0.2) is 15.0 Å². The molecule has 0 spiro atoms. The van der Waals surface area contributed by atoms with E-state index in [9.17, 15) is 4.79 Å². The zero-order chi connectivity index (χ0) is 21.1. The molecule has 0 aliphatic rings. The fourth-order valence-corrected chi connectivity index (χ4v) is 3.40. The summed E-state index contributed by atoms with van der Waals surface area (Å²) in [5, 5.41) is 13.2. The van der Waals surface area contributed by atoms with Gasteiger partial charge < -0.3 is 15.2 Å². The number of pyridine rings is 1. The van der Waals surface area contributed by atoms with Crippen LogP contribution in [0.15, 0.2) is 55.1 Å². The number of nitrogens with one attached hydrogen (secondary N) is 1. The molecule has 4 rings (SSSR count). The zero-order valence-electron chi connectivity index (χ0n) is 16.4. The van der Waals surface area contributed by atoms with Gasteiger partial charge >= 0.3 is 12.0 Å². The van der Waals surface area contributed by atoms with Gasteiger partial charge in [0.1, 0.15) is 6.61 Å². The van der Waals surface area contributed by atoms with Gasteiger partial charge in [0, 0.05) is 36.0 Å². The summed E-state index contributed by atoms with van der Waals surface area (Å²) in [6.07, 6.45) is 6.83. The van der Waals surface area contributed by atoms with Crippen LogP contribution in [0.2, 0.25) is 0 Å². The molecule has 0 unspecified atom stereocenters. The number of nitrogens with zero attached hydrogens (tertiary/aromatic N) is 4. The Morgan fingerprint density at radius 2 is 1.83 bits per heavy atom. The number of aliphatic carboxylic acids is 1. The molecular weight excluding hydrogens is 402 g/mol. The Hall–Kier alpha value is -3.59. The van der Waals surface area contributed by atoms with Crippen LogP contribution in [0.1, 0.15) is 13.8 Å². The number of ether oxygens (including phenoxy) is 1. The van der Waals surface area contributed by atoms with Crippen LogP contribution < -0.4 is 10.1 Å². The van der Waals surface area contributed by atoms with Crippen LogP contribution in [-0.4, -0.2) is 37.6 Å². The first-order valence-electron chi connectivity index (χ1n) is 9.17. The number of thiazole rings is 1. The third-order valence-corrected chi connectivity index (χ3v) is 5.35. The van der Waals surface area contributed by atoms with Crippen LogP contribution in [0, 0.1) is 5.41 Å². The van der Waals surface area contributed by atoms with Crippen molar-refractivity contribution in [1.82, 2.24) is 19.9 Å². The van der Waals surface area contributed by atoms with Crippen molar-refractivity contribution in [2.45, 2.75) is 13.8 Å². The lowest BCUT2D eigenvalue weighted by Crippen LogP contribution is -2.31. The molecule has 0 atom stereocenters. The molecule has 0 radical (unpaired) electrons. The molecule has 4 aromatic rings. The Morgan fingerprint density at radius 3 is 2.50 bits per heavy atom. The summed E-state index contributed by atoms with van der Waals surface area (Å²) in [5.41, 5.74) is 2.61. The molecule has 2 N–H and O–H groups in total. The van der Waals surface area contributed by atoms with Crippen LogP contribution in [0.3, 0.4) is 0 Å². The smallest absolute Gasteiger partial charge is 0.316 e. The number of rotatable bonds is 7. The van der Waals surface area contributed by atoms with Gasteiger partial charge in [-0.15, -0.1) is 0 Å². The van der Waals surface area contributed by atoms with Crippen molar-refractivity contribution >= 4 is 38.3 Å². The molecule has 152 valence electrons. The Morgan fingerprint density at radius 1 is 1.10 bits per heavy atom. The summed E-state index contributed by atoms with van der Waals surface area (Å²) in [5.74, 6) is -0.935. The van der Waals surface area contributed by atoms with Crippen LogP contribution in [-0.2, 0) is 4.79 Å². The minimum atomic E-state index is -1.01. The molecule has 0 saturated heterocycles. The third-order valence-electron chi connectivity index (χ3n) is 4.43. The molecule has 0 bridgehead atoms. The first-order valence-corrected chi connectivity index (χ1v) is 9.99. The molecule has 0 aliphatic carbocycles. The van der Waals surface area contributed by atoms with Crippen molar-refractivity contribution in [3.8, 4) is 17.1 Å². The molecule has 3 heterocycles. The molecule has 0 aliphatic heterocycles. The number of anilines is 2. The number of hydrogen-bond acceptors (Lipinski definition) is 8. The maximum atomic E-state index is 11.1. The SMILES string of the molecule is CC(C)(COc1ncc(-c2ccc(Nc3nc4ccncc4s3)cc2)cn1)C(=O)O. The highest BCUT2D eigenvalue weighted by atomic mass is 32.1. The summed E-state index contributed by atoms with van der Waals surface area (Å²) in [6.45, 7) is 3.17. The molecule has 0 saturated carbocycles. The van der Waals surface area contributed by atoms with Crippen LogP contribution in [0.5, 0.6) is 6.01 Å². The standard InChI is InChI=1S/C21H19N5O3S/c1-21(2,18(27)28)12-29-19-23-9-14(10-24-19)13-3-5-15(6-4-13)25-20-26-16-7-8-22-11-17(16)30-20/h3-11H,12H2,1-2H3,(H,25,26)(H,27,28). The lowest BCUT2D eigenvalue weighted by Gasteiger charge is -2.18. The number of carboxylic acid groups (broad SMARTS) is 1. The third kappa shape index (κ3) is 4.36. The van der Waals surface area contributed by atoms with Gasteiger partial charge in [-0.2, -0.15) is 0 Å². The van der Waals surface area contributed by atoms with Crippen LogP contribution >= 0.6 is 11.3 Å². The van der Waals surface area contributed by atoms with Gasteiger partial charge in [0.05, 0.1) is 15.6 Å². The number of hydrogen-bond donors (Lipinski definition) is 2. The lowest BCUT2D eigenvalue weighted by atomic mass is 9.95. The molecule has 8 nitrogen and oxygen atoms in total. The lowest BCUT2D eigenvalue weighted by molar-refractivity contribution is -0.148. The Kier molecular flexibility index (Phi) is 5.28.